The number of hydrogen-bond donors (Lipinski definition) is 2. The van der Waals surface area contributed by atoms with Crippen LogP contribution >= 0.6 is 0 Å². The van der Waals surface area contributed by atoms with Crippen molar-refractivity contribution in [1.29, 1.82) is 0 Å². The van der Waals surface area contributed by atoms with E-state index in [-0.39, 0.29) is 6.61 Å². The molecule has 0 unspecified atom stereocenters. The predicted octanol–water partition coefficient (Wildman–Crippen LogP) is 1.10. The van der Waals surface area contributed by atoms with Crippen molar-refractivity contribution in [2.45, 2.75) is 64.5 Å². The Morgan fingerprint density at radius 1 is 1.42 bits per heavy atom. The zero-order valence-electron chi connectivity index (χ0n) is 12.6. The second-order valence-corrected chi connectivity index (χ2v) is 6.64. The van der Waals surface area contributed by atoms with Gasteiger partial charge in [-0.2, -0.15) is 0 Å². The van der Waals surface area contributed by atoms with Crippen molar-refractivity contribution < 1.29 is 24.5 Å². The molecule has 0 bridgehead atoms. The molecule has 2 atom stereocenters. The molecule has 0 aromatic heterocycles. The van der Waals surface area contributed by atoms with Gasteiger partial charge in [0.15, 0.2) is 0 Å². The summed E-state index contributed by atoms with van der Waals surface area (Å²) in [6, 6.07) is -0.651. The highest BCUT2D eigenvalue weighted by atomic mass is 16.6. The molecule has 112 valence electrons. The number of amides is 1. The van der Waals surface area contributed by atoms with Crippen LogP contribution in [0.3, 0.4) is 0 Å². The SMILES string of the molecule is CC(C)(C)OC(=O)N1[C@@H]([C@](C)(O)CO)COC1(C)C. The van der Waals surface area contributed by atoms with Gasteiger partial charge >= 0.3 is 6.09 Å². The van der Waals surface area contributed by atoms with Crippen molar-refractivity contribution >= 4 is 6.09 Å². The number of carbonyl (C=O) groups excluding carboxylic acids is 1. The first-order valence-electron chi connectivity index (χ1n) is 6.40. The molecular formula is C13H25NO5. The summed E-state index contributed by atoms with van der Waals surface area (Å²) in [5.41, 5.74) is -2.96. The van der Waals surface area contributed by atoms with Crippen LogP contribution in [0.2, 0.25) is 0 Å². The topological polar surface area (TPSA) is 79.2 Å². The fourth-order valence-electron chi connectivity index (χ4n) is 2.02. The summed E-state index contributed by atoms with van der Waals surface area (Å²) in [6.07, 6.45) is -0.561. The van der Waals surface area contributed by atoms with E-state index in [0.717, 1.165) is 0 Å². The van der Waals surface area contributed by atoms with E-state index in [0.29, 0.717) is 0 Å². The van der Waals surface area contributed by atoms with Gasteiger partial charge in [0.25, 0.3) is 0 Å². The summed E-state index contributed by atoms with van der Waals surface area (Å²) < 4.78 is 10.9. The fourth-order valence-corrected chi connectivity index (χ4v) is 2.02. The normalized spacial score (nSPS) is 26.1. The lowest BCUT2D eigenvalue weighted by Crippen LogP contribution is -2.58. The Morgan fingerprint density at radius 3 is 2.37 bits per heavy atom. The Labute approximate surface area is 114 Å². The molecule has 6 nitrogen and oxygen atoms in total. The van der Waals surface area contributed by atoms with Crippen LogP contribution in [0.15, 0.2) is 0 Å². The van der Waals surface area contributed by atoms with Gasteiger partial charge in [0, 0.05) is 0 Å². The van der Waals surface area contributed by atoms with Crippen molar-refractivity contribution in [3.05, 3.63) is 0 Å². The van der Waals surface area contributed by atoms with Gasteiger partial charge in [-0.25, -0.2) is 4.79 Å². The van der Waals surface area contributed by atoms with Gasteiger partial charge in [-0.3, -0.25) is 4.90 Å². The molecule has 6 heteroatoms. The van der Waals surface area contributed by atoms with E-state index in [2.05, 4.69) is 0 Å². The van der Waals surface area contributed by atoms with Crippen LogP contribution in [0.5, 0.6) is 0 Å². The monoisotopic (exact) mass is 275 g/mol. The van der Waals surface area contributed by atoms with Gasteiger partial charge in [-0.15, -0.1) is 0 Å². The van der Waals surface area contributed by atoms with E-state index in [4.69, 9.17) is 9.47 Å². The minimum atomic E-state index is -1.44. The lowest BCUT2D eigenvalue weighted by atomic mass is 9.96. The fraction of sp³-hybridized carbons (Fsp3) is 0.923. The Bertz CT molecular complexity index is 345. The first kappa shape index (κ1) is 16.2. The highest BCUT2D eigenvalue weighted by molar-refractivity contribution is 5.70. The molecular weight excluding hydrogens is 250 g/mol. The molecule has 1 amide bonds. The van der Waals surface area contributed by atoms with Gasteiger partial charge in [0.1, 0.15) is 16.9 Å². The molecule has 0 spiro atoms. The van der Waals surface area contributed by atoms with Crippen LogP contribution in [0, 0.1) is 0 Å². The second kappa shape index (κ2) is 4.92. The minimum Gasteiger partial charge on any atom is -0.444 e. The summed E-state index contributed by atoms with van der Waals surface area (Å²) in [4.78, 5) is 13.6. The van der Waals surface area contributed by atoms with Gasteiger partial charge in [-0.1, -0.05) is 0 Å². The summed E-state index contributed by atoms with van der Waals surface area (Å²) in [5, 5.41) is 19.5. The molecule has 1 fully saturated rings. The van der Waals surface area contributed by atoms with Crippen LogP contribution in [0.1, 0.15) is 41.5 Å². The number of carbonyl (C=O) groups is 1. The van der Waals surface area contributed by atoms with E-state index in [1.54, 1.807) is 34.6 Å². The van der Waals surface area contributed by atoms with Crippen LogP contribution in [-0.2, 0) is 9.47 Å². The maximum Gasteiger partial charge on any atom is 0.413 e. The third kappa shape index (κ3) is 3.58. The first-order chi connectivity index (χ1) is 8.41. The summed E-state index contributed by atoms with van der Waals surface area (Å²) >= 11 is 0. The maximum absolute atomic E-state index is 12.3. The van der Waals surface area contributed by atoms with E-state index in [1.165, 1.54) is 11.8 Å². The van der Waals surface area contributed by atoms with Crippen molar-refractivity contribution in [3.8, 4) is 0 Å². The van der Waals surface area contributed by atoms with Crippen molar-refractivity contribution in [1.82, 2.24) is 4.90 Å². The smallest absolute Gasteiger partial charge is 0.413 e. The quantitative estimate of drug-likeness (QED) is 0.789. The molecule has 1 heterocycles. The number of ether oxygens (including phenoxy) is 2. The molecule has 0 aliphatic carbocycles. The molecule has 1 aliphatic rings. The Kier molecular flexibility index (Phi) is 4.20. The van der Waals surface area contributed by atoms with Crippen LogP contribution < -0.4 is 0 Å². The second-order valence-electron chi connectivity index (χ2n) is 6.64. The molecule has 1 saturated heterocycles. The summed E-state index contributed by atoms with van der Waals surface area (Å²) in [5.74, 6) is 0. The largest absolute Gasteiger partial charge is 0.444 e. The number of aliphatic hydroxyl groups excluding tert-OH is 1. The van der Waals surface area contributed by atoms with Crippen LogP contribution in [0.4, 0.5) is 4.79 Å². The first-order valence-corrected chi connectivity index (χ1v) is 6.40. The molecule has 0 radical (unpaired) electrons. The van der Waals surface area contributed by atoms with Crippen LogP contribution in [-0.4, -0.2) is 57.4 Å². The van der Waals surface area contributed by atoms with E-state index in [9.17, 15) is 15.0 Å². The zero-order chi connectivity index (χ0) is 15.1. The van der Waals surface area contributed by atoms with Gasteiger partial charge in [0.2, 0.25) is 0 Å². The zero-order valence-corrected chi connectivity index (χ0v) is 12.6. The van der Waals surface area contributed by atoms with Crippen molar-refractivity contribution in [2.24, 2.45) is 0 Å². The lowest BCUT2D eigenvalue weighted by molar-refractivity contribution is -0.0885. The van der Waals surface area contributed by atoms with E-state index in [1.807, 2.05) is 0 Å². The average Bonchev–Trinajstić information content (AvgIpc) is 2.52. The van der Waals surface area contributed by atoms with E-state index < -0.39 is 35.7 Å². The Morgan fingerprint density at radius 2 is 1.95 bits per heavy atom. The number of rotatable bonds is 2. The van der Waals surface area contributed by atoms with Crippen molar-refractivity contribution in [3.63, 3.8) is 0 Å². The van der Waals surface area contributed by atoms with Gasteiger partial charge in [-0.05, 0) is 41.5 Å². The molecule has 1 rings (SSSR count). The highest BCUT2D eigenvalue weighted by Gasteiger charge is 2.52. The van der Waals surface area contributed by atoms with Crippen LogP contribution in [0.25, 0.3) is 0 Å². The minimum absolute atomic E-state index is 0.153. The summed E-state index contributed by atoms with van der Waals surface area (Å²) in [7, 11) is 0. The predicted molar refractivity (Wildman–Crippen MR) is 69.6 cm³/mol. The van der Waals surface area contributed by atoms with Gasteiger partial charge < -0.3 is 19.7 Å². The maximum atomic E-state index is 12.3. The highest BCUT2D eigenvalue weighted by Crippen LogP contribution is 2.34. The van der Waals surface area contributed by atoms with E-state index >= 15 is 0 Å². The number of nitrogens with zero attached hydrogens (tertiary/aromatic N) is 1. The summed E-state index contributed by atoms with van der Waals surface area (Å²) in [6.45, 7) is 9.93. The number of hydrogen-bond acceptors (Lipinski definition) is 5. The third-order valence-corrected chi connectivity index (χ3v) is 3.11. The molecule has 1 aliphatic heterocycles. The Hall–Kier alpha value is -0.850. The molecule has 0 aromatic carbocycles. The standard InChI is InChI=1S/C13H25NO5/c1-11(2,3)19-10(16)14-9(13(6,17)8-15)7-18-12(14,4)5/h9,15,17H,7-8H2,1-6H3/t9-,13-/m1/s1. The molecule has 2 N–H and O–H groups in total. The van der Waals surface area contributed by atoms with Gasteiger partial charge in [0.05, 0.1) is 19.3 Å². The molecule has 19 heavy (non-hydrogen) atoms. The molecule has 0 aromatic rings. The molecule has 0 saturated carbocycles. The lowest BCUT2D eigenvalue weighted by Gasteiger charge is -2.39. The average molecular weight is 275 g/mol. The third-order valence-electron chi connectivity index (χ3n) is 3.11. The number of aliphatic hydroxyl groups is 2. The van der Waals surface area contributed by atoms with Crippen molar-refractivity contribution in [2.75, 3.05) is 13.2 Å². The Balaban J connectivity index is 3.00.